The van der Waals surface area contributed by atoms with E-state index in [4.69, 9.17) is 9.47 Å². The Labute approximate surface area is 175 Å². The van der Waals surface area contributed by atoms with Crippen molar-refractivity contribution >= 4 is 28.9 Å². The number of aromatic amines is 1. The van der Waals surface area contributed by atoms with Crippen LogP contribution in [0.15, 0.2) is 24.3 Å². The molecule has 2 heterocycles. The van der Waals surface area contributed by atoms with E-state index < -0.39 is 29.6 Å². The van der Waals surface area contributed by atoms with E-state index in [1.54, 1.807) is 13.8 Å². The molecule has 0 radical (unpaired) electrons. The van der Waals surface area contributed by atoms with Gasteiger partial charge in [0.1, 0.15) is 6.04 Å². The van der Waals surface area contributed by atoms with Crippen LogP contribution < -0.4 is 5.32 Å². The molecular formula is C22H29N3O5. The number of nitrogens with one attached hydrogen (secondary N) is 2. The fraction of sp³-hybridized carbons (Fsp3) is 0.500. The minimum absolute atomic E-state index is 0.177. The van der Waals surface area contributed by atoms with Gasteiger partial charge in [-0.25, -0.2) is 14.4 Å². The van der Waals surface area contributed by atoms with Crippen LogP contribution in [-0.4, -0.2) is 54.2 Å². The zero-order valence-corrected chi connectivity index (χ0v) is 18.1. The molecule has 2 amide bonds. The molecule has 1 aliphatic heterocycles. The molecule has 0 saturated heterocycles. The Morgan fingerprint density at radius 3 is 2.60 bits per heavy atom. The maximum atomic E-state index is 13.3. The lowest BCUT2D eigenvalue weighted by atomic mass is 9.86. The first kappa shape index (κ1) is 21.7. The third-order valence-corrected chi connectivity index (χ3v) is 5.74. The number of carbonyl (C=O) groups is 3. The Balaban J connectivity index is 2.04. The number of rotatable bonds is 5. The lowest BCUT2D eigenvalue weighted by Crippen LogP contribution is -2.61. The summed E-state index contributed by atoms with van der Waals surface area (Å²) in [6.07, 6.45) is 0.576. The van der Waals surface area contributed by atoms with Gasteiger partial charge in [0, 0.05) is 17.4 Å². The molecule has 30 heavy (non-hydrogen) atoms. The SMILES string of the molecule is CCOC(=O)[C@]1(C)c2[nH]c3ccccc3c2CCN1C(=O)N[C@H](C(=O)OC)C(C)C. The zero-order valence-electron chi connectivity index (χ0n) is 18.1. The van der Waals surface area contributed by atoms with Crippen molar-refractivity contribution in [1.29, 1.82) is 0 Å². The number of hydrogen-bond donors (Lipinski definition) is 2. The van der Waals surface area contributed by atoms with Crippen molar-refractivity contribution in [3.63, 3.8) is 0 Å². The van der Waals surface area contributed by atoms with Crippen molar-refractivity contribution in [2.45, 2.75) is 45.7 Å². The number of benzene rings is 1. The predicted octanol–water partition coefficient (Wildman–Crippen LogP) is 2.71. The van der Waals surface area contributed by atoms with E-state index in [1.807, 2.05) is 38.1 Å². The molecule has 2 aromatic rings. The van der Waals surface area contributed by atoms with Gasteiger partial charge in [-0.3, -0.25) is 0 Å². The van der Waals surface area contributed by atoms with E-state index in [1.165, 1.54) is 12.0 Å². The van der Waals surface area contributed by atoms with Gasteiger partial charge in [-0.15, -0.1) is 0 Å². The van der Waals surface area contributed by atoms with Crippen LogP contribution in [0.3, 0.4) is 0 Å². The highest BCUT2D eigenvalue weighted by Crippen LogP contribution is 2.39. The number of nitrogens with zero attached hydrogens (tertiary/aromatic N) is 1. The third-order valence-electron chi connectivity index (χ3n) is 5.74. The Bertz CT molecular complexity index is 967. The normalized spacial score (nSPS) is 19.3. The van der Waals surface area contributed by atoms with Crippen LogP contribution in [-0.2, 0) is 31.0 Å². The molecule has 8 nitrogen and oxygen atoms in total. The maximum Gasteiger partial charge on any atom is 0.338 e. The lowest BCUT2D eigenvalue weighted by Gasteiger charge is -2.42. The number of carbonyl (C=O) groups excluding carboxylic acids is 3. The molecule has 162 valence electrons. The summed E-state index contributed by atoms with van der Waals surface area (Å²) in [5, 5.41) is 3.77. The molecule has 1 aromatic heterocycles. The van der Waals surface area contributed by atoms with Crippen LogP contribution >= 0.6 is 0 Å². The number of esters is 2. The first-order valence-corrected chi connectivity index (χ1v) is 10.2. The average molecular weight is 415 g/mol. The van der Waals surface area contributed by atoms with Gasteiger partial charge >= 0.3 is 18.0 Å². The number of urea groups is 1. The molecule has 0 bridgehead atoms. The molecule has 0 unspecified atom stereocenters. The van der Waals surface area contributed by atoms with Crippen molar-refractivity contribution in [1.82, 2.24) is 15.2 Å². The lowest BCUT2D eigenvalue weighted by molar-refractivity contribution is -0.156. The summed E-state index contributed by atoms with van der Waals surface area (Å²) in [6.45, 7) is 7.54. The summed E-state index contributed by atoms with van der Waals surface area (Å²) < 4.78 is 10.2. The van der Waals surface area contributed by atoms with Crippen molar-refractivity contribution in [2.24, 2.45) is 5.92 Å². The molecule has 0 saturated carbocycles. The summed E-state index contributed by atoms with van der Waals surface area (Å²) in [7, 11) is 1.28. The standard InChI is InChI=1S/C22H29N3O5/c1-6-30-20(27)22(4)18-15(14-9-7-8-10-16(14)23-18)11-12-25(22)21(28)24-17(13(2)3)19(26)29-5/h7-10,13,17,23H,6,11-12H2,1-5H3,(H,24,28)/t17-,22-/m0/s1. The molecule has 0 spiro atoms. The number of aromatic nitrogens is 1. The highest BCUT2D eigenvalue weighted by molar-refractivity contribution is 5.94. The minimum Gasteiger partial charge on any atom is -0.467 e. The number of hydrogen-bond acceptors (Lipinski definition) is 5. The first-order chi connectivity index (χ1) is 14.2. The van der Waals surface area contributed by atoms with E-state index in [9.17, 15) is 14.4 Å². The third kappa shape index (κ3) is 3.51. The van der Waals surface area contributed by atoms with Gasteiger partial charge in [0.25, 0.3) is 0 Å². The van der Waals surface area contributed by atoms with Crippen molar-refractivity contribution < 1.29 is 23.9 Å². The van der Waals surface area contributed by atoms with Gasteiger partial charge < -0.3 is 24.7 Å². The van der Waals surface area contributed by atoms with E-state index in [2.05, 4.69) is 10.3 Å². The highest BCUT2D eigenvalue weighted by atomic mass is 16.5. The smallest absolute Gasteiger partial charge is 0.338 e. The molecule has 0 aliphatic carbocycles. The molecule has 1 aromatic carbocycles. The monoisotopic (exact) mass is 415 g/mol. The molecular weight excluding hydrogens is 386 g/mol. The Hall–Kier alpha value is -3.03. The van der Waals surface area contributed by atoms with Gasteiger partial charge in [-0.2, -0.15) is 0 Å². The van der Waals surface area contributed by atoms with Crippen LogP contribution in [0.2, 0.25) is 0 Å². The molecule has 2 atom stereocenters. The largest absolute Gasteiger partial charge is 0.467 e. The predicted molar refractivity (Wildman–Crippen MR) is 112 cm³/mol. The van der Waals surface area contributed by atoms with Crippen molar-refractivity contribution in [2.75, 3.05) is 20.3 Å². The summed E-state index contributed by atoms with van der Waals surface area (Å²) in [4.78, 5) is 43.3. The van der Waals surface area contributed by atoms with Crippen LogP contribution in [0.4, 0.5) is 4.79 Å². The van der Waals surface area contributed by atoms with Gasteiger partial charge in [0.05, 0.1) is 19.4 Å². The van der Waals surface area contributed by atoms with E-state index in [0.717, 1.165) is 16.5 Å². The molecule has 2 N–H and O–H groups in total. The number of amides is 2. The zero-order chi connectivity index (χ0) is 22.1. The average Bonchev–Trinajstić information content (AvgIpc) is 3.11. The van der Waals surface area contributed by atoms with E-state index >= 15 is 0 Å². The second kappa shape index (κ2) is 8.38. The van der Waals surface area contributed by atoms with Gasteiger partial charge in [0.15, 0.2) is 5.54 Å². The molecule has 8 heteroatoms. The number of para-hydroxylation sites is 1. The van der Waals surface area contributed by atoms with E-state index in [0.29, 0.717) is 18.7 Å². The van der Waals surface area contributed by atoms with Gasteiger partial charge in [-0.1, -0.05) is 32.0 Å². The van der Waals surface area contributed by atoms with E-state index in [-0.39, 0.29) is 12.5 Å². The number of H-pyrrole nitrogens is 1. The van der Waals surface area contributed by atoms with Crippen molar-refractivity contribution in [3.8, 4) is 0 Å². The van der Waals surface area contributed by atoms with Crippen LogP contribution in [0.5, 0.6) is 0 Å². The number of methoxy groups -OCH3 is 1. The summed E-state index contributed by atoms with van der Waals surface area (Å²) in [5.41, 5.74) is 1.18. The number of fused-ring (bicyclic) bond motifs is 3. The van der Waals surface area contributed by atoms with Crippen LogP contribution in [0.25, 0.3) is 10.9 Å². The van der Waals surface area contributed by atoms with Crippen LogP contribution in [0.1, 0.15) is 39.0 Å². The van der Waals surface area contributed by atoms with Crippen LogP contribution in [0, 0.1) is 5.92 Å². The maximum absolute atomic E-state index is 13.3. The van der Waals surface area contributed by atoms with Gasteiger partial charge in [0.2, 0.25) is 0 Å². The molecule has 3 rings (SSSR count). The molecule has 1 aliphatic rings. The van der Waals surface area contributed by atoms with Crippen molar-refractivity contribution in [3.05, 3.63) is 35.5 Å². The summed E-state index contributed by atoms with van der Waals surface area (Å²) in [6, 6.07) is 6.46. The summed E-state index contributed by atoms with van der Waals surface area (Å²) >= 11 is 0. The second-order valence-electron chi connectivity index (χ2n) is 7.91. The fourth-order valence-corrected chi connectivity index (χ4v) is 4.08. The Morgan fingerprint density at radius 2 is 1.97 bits per heavy atom. The first-order valence-electron chi connectivity index (χ1n) is 10.2. The number of ether oxygens (including phenoxy) is 2. The quantitative estimate of drug-likeness (QED) is 0.732. The second-order valence-corrected chi connectivity index (χ2v) is 7.91. The highest BCUT2D eigenvalue weighted by Gasteiger charge is 2.51. The Morgan fingerprint density at radius 1 is 1.27 bits per heavy atom. The summed E-state index contributed by atoms with van der Waals surface area (Å²) in [5.74, 6) is -1.23. The Kier molecular flexibility index (Phi) is 6.05. The fourth-order valence-electron chi connectivity index (χ4n) is 4.08. The topological polar surface area (TPSA) is 101 Å². The van der Waals surface area contributed by atoms with Gasteiger partial charge in [-0.05, 0) is 37.8 Å². The molecule has 0 fully saturated rings. The minimum atomic E-state index is -1.36.